The van der Waals surface area contributed by atoms with Crippen molar-refractivity contribution in [1.82, 2.24) is 9.80 Å². The van der Waals surface area contributed by atoms with Gasteiger partial charge in [0.2, 0.25) is 5.91 Å². The van der Waals surface area contributed by atoms with Crippen LogP contribution in [0, 0.1) is 0 Å². The molecular weight excluding hydrogens is 356 g/mol. The Kier molecular flexibility index (Phi) is 5.32. The lowest BCUT2D eigenvalue weighted by Crippen LogP contribution is -2.51. The predicted molar refractivity (Wildman–Crippen MR) is 97.4 cm³/mol. The van der Waals surface area contributed by atoms with Gasteiger partial charge in [-0.25, -0.2) is 0 Å². The zero-order chi connectivity index (χ0) is 18.7. The molecule has 2 aromatic rings. The number of amides is 2. The first kappa shape index (κ1) is 18.1. The van der Waals surface area contributed by atoms with Gasteiger partial charge in [0.25, 0.3) is 5.91 Å². The number of rotatable bonds is 3. The average Bonchev–Trinajstić information content (AvgIpc) is 2.62. The van der Waals surface area contributed by atoms with Gasteiger partial charge >= 0.3 is 0 Å². The second-order valence-corrected chi connectivity index (χ2v) is 6.65. The van der Waals surface area contributed by atoms with Gasteiger partial charge < -0.3 is 20.0 Å². The molecule has 0 spiro atoms. The van der Waals surface area contributed by atoms with E-state index in [-0.39, 0.29) is 28.9 Å². The number of aromatic hydroxyl groups is 2. The first-order valence-electron chi connectivity index (χ1n) is 8.27. The number of hydrogen-bond acceptors (Lipinski definition) is 4. The standard InChI is InChI=1S/C19H19ClN2O4/c20-15-3-1-13(2-4-15)9-18(25)21-5-7-22(8-6-21)19(26)14-10-16(23)12-17(24)11-14/h1-4,10-12,23-24H,5-9H2. The van der Waals surface area contributed by atoms with Crippen molar-refractivity contribution >= 4 is 23.4 Å². The summed E-state index contributed by atoms with van der Waals surface area (Å²) in [4.78, 5) is 28.2. The number of nitrogens with zero attached hydrogens (tertiary/aromatic N) is 2. The maximum atomic E-state index is 12.5. The van der Waals surface area contributed by atoms with Crippen molar-refractivity contribution < 1.29 is 19.8 Å². The summed E-state index contributed by atoms with van der Waals surface area (Å²) < 4.78 is 0. The second kappa shape index (κ2) is 7.66. The van der Waals surface area contributed by atoms with Crippen LogP contribution in [0.2, 0.25) is 5.02 Å². The van der Waals surface area contributed by atoms with Crippen molar-refractivity contribution in [2.75, 3.05) is 26.2 Å². The molecule has 1 fully saturated rings. The van der Waals surface area contributed by atoms with Gasteiger partial charge in [-0.3, -0.25) is 9.59 Å². The Morgan fingerprint density at radius 1 is 0.885 bits per heavy atom. The zero-order valence-electron chi connectivity index (χ0n) is 14.1. The summed E-state index contributed by atoms with van der Waals surface area (Å²) in [5.41, 5.74) is 1.12. The second-order valence-electron chi connectivity index (χ2n) is 6.21. The lowest BCUT2D eigenvalue weighted by molar-refractivity contribution is -0.131. The van der Waals surface area contributed by atoms with E-state index in [0.717, 1.165) is 5.56 Å². The number of carbonyl (C=O) groups excluding carboxylic acids is 2. The Morgan fingerprint density at radius 3 is 2.00 bits per heavy atom. The minimum atomic E-state index is -0.277. The van der Waals surface area contributed by atoms with Crippen molar-refractivity contribution in [1.29, 1.82) is 0 Å². The van der Waals surface area contributed by atoms with Crippen LogP contribution in [-0.2, 0) is 11.2 Å². The fourth-order valence-electron chi connectivity index (χ4n) is 2.95. The Hall–Kier alpha value is -2.73. The molecule has 0 bridgehead atoms. The highest BCUT2D eigenvalue weighted by atomic mass is 35.5. The van der Waals surface area contributed by atoms with Gasteiger partial charge in [0.05, 0.1) is 6.42 Å². The smallest absolute Gasteiger partial charge is 0.254 e. The third-order valence-electron chi connectivity index (χ3n) is 4.34. The topological polar surface area (TPSA) is 81.1 Å². The van der Waals surface area contributed by atoms with E-state index in [2.05, 4.69) is 0 Å². The van der Waals surface area contributed by atoms with Crippen LogP contribution in [-0.4, -0.2) is 58.0 Å². The quantitative estimate of drug-likeness (QED) is 0.863. The lowest BCUT2D eigenvalue weighted by atomic mass is 10.1. The molecule has 0 atom stereocenters. The van der Waals surface area contributed by atoms with E-state index in [4.69, 9.17) is 11.6 Å². The van der Waals surface area contributed by atoms with Crippen molar-refractivity contribution in [3.63, 3.8) is 0 Å². The number of piperazine rings is 1. The van der Waals surface area contributed by atoms with Gasteiger partial charge in [-0.1, -0.05) is 23.7 Å². The molecule has 136 valence electrons. The molecule has 2 aromatic carbocycles. The summed E-state index contributed by atoms with van der Waals surface area (Å²) in [6.07, 6.45) is 0.297. The van der Waals surface area contributed by atoms with E-state index in [1.807, 2.05) is 12.1 Å². The number of carbonyl (C=O) groups is 2. The molecule has 2 N–H and O–H groups in total. The van der Waals surface area contributed by atoms with Crippen LogP contribution in [0.1, 0.15) is 15.9 Å². The SMILES string of the molecule is O=C(Cc1ccc(Cl)cc1)N1CCN(C(=O)c2cc(O)cc(O)c2)CC1. The van der Waals surface area contributed by atoms with Crippen LogP contribution in [0.25, 0.3) is 0 Å². The van der Waals surface area contributed by atoms with Gasteiger partial charge in [-0.05, 0) is 29.8 Å². The largest absolute Gasteiger partial charge is 0.508 e. The van der Waals surface area contributed by atoms with Gasteiger partial charge in [0, 0.05) is 42.8 Å². The Balaban J connectivity index is 1.57. The van der Waals surface area contributed by atoms with Crippen LogP contribution >= 0.6 is 11.6 Å². The van der Waals surface area contributed by atoms with E-state index in [0.29, 0.717) is 37.6 Å². The highest BCUT2D eigenvalue weighted by Gasteiger charge is 2.25. The van der Waals surface area contributed by atoms with Crippen LogP contribution in [0.4, 0.5) is 0 Å². The normalized spacial score (nSPS) is 14.3. The molecule has 1 aliphatic rings. The molecule has 0 saturated carbocycles. The van der Waals surface area contributed by atoms with Gasteiger partial charge in [0.15, 0.2) is 0 Å². The lowest BCUT2D eigenvalue weighted by Gasteiger charge is -2.35. The van der Waals surface area contributed by atoms with Crippen molar-refractivity contribution in [2.45, 2.75) is 6.42 Å². The van der Waals surface area contributed by atoms with Gasteiger partial charge in [-0.2, -0.15) is 0 Å². The summed E-state index contributed by atoms with van der Waals surface area (Å²) in [7, 11) is 0. The molecule has 0 radical (unpaired) electrons. The number of benzene rings is 2. The van der Waals surface area contributed by atoms with Crippen LogP contribution in [0.15, 0.2) is 42.5 Å². The molecule has 1 saturated heterocycles. The van der Waals surface area contributed by atoms with Crippen molar-refractivity contribution in [2.24, 2.45) is 0 Å². The number of hydrogen-bond donors (Lipinski definition) is 2. The average molecular weight is 375 g/mol. The predicted octanol–water partition coefficient (Wildman–Crippen LogP) is 2.28. The third kappa shape index (κ3) is 4.26. The Labute approximate surface area is 156 Å². The molecule has 7 heteroatoms. The van der Waals surface area contributed by atoms with Gasteiger partial charge in [0.1, 0.15) is 11.5 Å². The molecule has 0 aromatic heterocycles. The third-order valence-corrected chi connectivity index (χ3v) is 4.59. The summed E-state index contributed by atoms with van der Waals surface area (Å²) in [6.45, 7) is 1.70. The van der Waals surface area contributed by atoms with E-state index in [1.54, 1.807) is 21.9 Å². The van der Waals surface area contributed by atoms with E-state index in [1.165, 1.54) is 18.2 Å². The minimum absolute atomic E-state index is 0.00872. The molecule has 1 heterocycles. The highest BCUT2D eigenvalue weighted by Crippen LogP contribution is 2.22. The molecule has 0 unspecified atom stereocenters. The monoisotopic (exact) mass is 374 g/mol. The van der Waals surface area contributed by atoms with Crippen molar-refractivity contribution in [3.8, 4) is 11.5 Å². The van der Waals surface area contributed by atoms with E-state index >= 15 is 0 Å². The minimum Gasteiger partial charge on any atom is -0.508 e. The van der Waals surface area contributed by atoms with Crippen LogP contribution < -0.4 is 0 Å². The first-order valence-corrected chi connectivity index (χ1v) is 8.65. The van der Waals surface area contributed by atoms with E-state index < -0.39 is 0 Å². The molecular formula is C19H19ClN2O4. The van der Waals surface area contributed by atoms with Crippen LogP contribution in [0.5, 0.6) is 11.5 Å². The van der Waals surface area contributed by atoms with Crippen LogP contribution in [0.3, 0.4) is 0 Å². The first-order chi connectivity index (χ1) is 12.4. The Bertz CT molecular complexity index is 795. The summed E-state index contributed by atoms with van der Waals surface area (Å²) in [5, 5.41) is 19.7. The number of phenols is 2. The summed E-state index contributed by atoms with van der Waals surface area (Å²) in [5.74, 6) is -0.592. The maximum Gasteiger partial charge on any atom is 0.254 e. The number of phenolic OH excluding ortho intramolecular Hbond substituents is 2. The molecule has 6 nitrogen and oxygen atoms in total. The molecule has 26 heavy (non-hydrogen) atoms. The van der Waals surface area contributed by atoms with E-state index in [9.17, 15) is 19.8 Å². The fourth-order valence-corrected chi connectivity index (χ4v) is 3.07. The highest BCUT2D eigenvalue weighted by molar-refractivity contribution is 6.30. The summed E-state index contributed by atoms with van der Waals surface area (Å²) in [6, 6.07) is 11.0. The molecule has 1 aliphatic heterocycles. The maximum absolute atomic E-state index is 12.5. The molecule has 3 rings (SSSR count). The molecule has 2 amide bonds. The summed E-state index contributed by atoms with van der Waals surface area (Å²) >= 11 is 5.85. The molecule has 0 aliphatic carbocycles. The fraction of sp³-hybridized carbons (Fsp3) is 0.263. The van der Waals surface area contributed by atoms with Crippen molar-refractivity contribution in [3.05, 3.63) is 58.6 Å². The Morgan fingerprint density at radius 2 is 1.42 bits per heavy atom. The zero-order valence-corrected chi connectivity index (χ0v) is 14.8. The van der Waals surface area contributed by atoms with Gasteiger partial charge in [-0.15, -0.1) is 0 Å². The number of halogens is 1.